The highest BCUT2D eigenvalue weighted by Gasteiger charge is 2.45. The zero-order chi connectivity index (χ0) is 21.9. The van der Waals surface area contributed by atoms with E-state index in [4.69, 9.17) is 13.9 Å². The SMILES string of the molecule is COC(=O)CC[C@H]1C(=C(C)C)CC[C@@H](C)[C@]1(C)COc1ccc2ccc(=O)oc2c1. The van der Waals surface area contributed by atoms with Crippen molar-refractivity contribution < 1.29 is 18.7 Å². The second-order valence-electron chi connectivity index (χ2n) is 8.88. The van der Waals surface area contributed by atoms with Crippen LogP contribution >= 0.6 is 0 Å². The molecule has 3 atom stereocenters. The largest absolute Gasteiger partial charge is 0.493 e. The summed E-state index contributed by atoms with van der Waals surface area (Å²) in [7, 11) is 1.44. The molecule has 5 heteroatoms. The van der Waals surface area contributed by atoms with Crippen molar-refractivity contribution in [3.8, 4) is 5.75 Å². The molecule has 0 saturated heterocycles. The van der Waals surface area contributed by atoms with E-state index in [1.165, 1.54) is 24.3 Å². The molecule has 162 valence electrons. The van der Waals surface area contributed by atoms with Crippen molar-refractivity contribution in [1.82, 2.24) is 0 Å². The fraction of sp³-hybridized carbons (Fsp3) is 0.520. The first-order valence-corrected chi connectivity index (χ1v) is 10.6. The molecule has 5 nitrogen and oxygen atoms in total. The highest BCUT2D eigenvalue weighted by molar-refractivity contribution is 5.77. The van der Waals surface area contributed by atoms with Crippen LogP contribution in [-0.2, 0) is 9.53 Å². The fourth-order valence-electron chi connectivity index (χ4n) is 4.70. The lowest BCUT2D eigenvalue weighted by Crippen LogP contribution is -2.44. The molecule has 1 saturated carbocycles. The molecule has 1 fully saturated rings. The topological polar surface area (TPSA) is 65.7 Å². The molecule has 0 aliphatic heterocycles. The van der Waals surface area contributed by atoms with Crippen LogP contribution in [0.1, 0.15) is 53.4 Å². The number of rotatable bonds is 6. The lowest BCUT2D eigenvalue weighted by molar-refractivity contribution is -0.141. The van der Waals surface area contributed by atoms with Gasteiger partial charge in [-0.25, -0.2) is 4.79 Å². The summed E-state index contributed by atoms with van der Waals surface area (Å²) in [5.74, 6) is 1.21. The van der Waals surface area contributed by atoms with E-state index in [0.717, 1.165) is 24.6 Å². The Labute approximate surface area is 178 Å². The lowest BCUT2D eigenvalue weighted by atomic mass is 9.58. The molecule has 0 bridgehead atoms. The van der Waals surface area contributed by atoms with Gasteiger partial charge in [-0.3, -0.25) is 4.79 Å². The first kappa shape index (κ1) is 22.1. The number of esters is 1. The van der Waals surface area contributed by atoms with Crippen LogP contribution in [0.25, 0.3) is 11.0 Å². The van der Waals surface area contributed by atoms with E-state index in [-0.39, 0.29) is 22.9 Å². The van der Waals surface area contributed by atoms with Gasteiger partial charge in [0.15, 0.2) is 0 Å². The molecule has 1 aliphatic rings. The Bertz CT molecular complexity index is 998. The molecule has 0 radical (unpaired) electrons. The number of benzene rings is 1. The maximum absolute atomic E-state index is 11.8. The molecule has 1 heterocycles. The Morgan fingerprint density at radius 3 is 2.67 bits per heavy atom. The molecule has 0 amide bonds. The van der Waals surface area contributed by atoms with E-state index in [0.29, 0.717) is 30.3 Å². The predicted molar refractivity (Wildman–Crippen MR) is 118 cm³/mol. The van der Waals surface area contributed by atoms with Crippen molar-refractivity contribution in [1.29, 1.82) is 0 Å². The number of hydrogen-bond donors (Lipinski definition) is 0. The van der Waals surface area contributed by atoms with Crippen LogP contribution in [0.3, 0.4) is 0 Å². The van der Waals surface area contributed by atoms with Crippen molar-refractivity contribution in [3.63, 3.8) is 0 Å². The third-order valence-corrected chi connectivity index (χ3v) is 6.84. The van der Waals surface area contributed by atoms with E-state index in [2.05, 4.69) is 27.7 Å². The van der Waals surface area contributed by atoms with Crippen LogP contribution in [0.2, 0.25) is 0 Å². The van der Waals surface area contributed by atoms with Gasteiger partial charge in [0, 0.05) is 29.4 Å². The molecule has 3 rings (SSSR count). The van der Waals surface area contributed by atoms with Gasteiger partial charge in [-0.1, -0.05) is 25.0 Å². The van der Waals surface area contributed by atoms with Gasteiger partial charge < -0.3 is 13.9 Å². The maximum Gasteiger partial charge on any atom is 0.336 e. The molecule has 0 spiro atoms. The van der Waals surface area contributed by atoms with Gasteiger partial charge in [0.2, 0.25) is 0 Å². The Morgan fingerprint density at radius 1 is 1.23 bits per heavy atom. The Balaban J connectivity index is 1.86. The molecule has 2 aromatic rings. The molecule has 1 aliphatic carbocycles. The van der Waals surface area contributed by atoms with Gasteiger partial charge in [0.1, 0.15) is 11.3 Å². The minimum atomic E-state index is -0.372. The summed E-state index contributed by atoms with van der Waals surface area (Å²) in [6.45, 7) is 9.38. The summed E-state index contributed by atoms with van der Waals surface area (Å²) in [6, 6.07) is 8.75. The predicted octanol–water partition coefficient (Wildman–Crippen LogP) is 5.51. The third kappa shape index (κ3) is 4.61. The van der Waals surface area contributed by atoms with E-state index < -0.39 is 0 Å². The molecule has 1 aromatic heterocycles. The second kappa shape index (κ2) is 9.07. The summed E-state index contributed by atoms with van der Waals surface area (Å²) < 4.78 is 16.4. The molecule has 0 unspecified atom stereocenters. The summed E-state index contributed by atoms with van der Waals surface area (Å²) in [6.07, 6.45) is 3.32. The summed E-state index contributed by atoms with van der Waals surface area (Å²) >= 11 is 0. The number of carbonyl (C=O) groups excluding carboxylic acids is 1. The van der Waals surface area contributed by atoms with Crippen LogP contribution in [-0.4, -0.2) is 19.7 Å². The smallest absolute Gasteiger partial charge is 0.336 e. The monoisotopic (exact) mass is 412 g/mol. The van der Waals surface area contributed by atoms with Gasteiger partial charge in [-0.15, -0.1) is 0 Å². The van der Waals surface area contributed by atoms with Crippen LogP contribution in [0, 0.1) is 17.3 Å². The van der Waals surface area contributed by atoms with E-state index >= 15 is 0 Å². The average Bonchev–Trinajstić information content (AvgIpc) is 2.72. The van der Waals surface area contributed by atoms with Crippen LogP contribution in [0.5, 0.6) is 5.75 Å². The second-order valence-corrected chi connectivity index (χ2v) is 8.88. The van der Waals surface area contributed by atoms with Crippen molar-refractivity contribution >= 4 is 16.9 Å². The maximum atomic E-state index is 11.8. The Kier molecular flexibility index (Phi) is 6.69. The average molecular weight is 413 g/mol. The number of hydrogen-bond acceptors (Lipinski definition) is 5. The summed E-state index contributed by atoms with van der Waals surface area (Å²) in [4.78, 5) is 23.4. The number of fused-ring (bicyclic) bond motifs is 1. The van der Waals surface area contributed by atoms with Crippen LogP contribution in [0.4, 0.5) is 0 Å². The van der Waals surface area contributed by atoms with Crippen molar-refractivity contribution in [2.75, 3.05) is 13.7 Å². The first-order valence-electron chi connectivity index (χ1n) is 10.6. The standard InChI is InChI=1S/C25H32O5/c1-16(2)20-10-6-17(3)25(4,21(20)11-13-23(26)28-5)15-29-19-9-7-18-8-12-24(27)30-22(18)14-19/h7-9,12,14,17,21H,6,10-11,13,15H2,1-5H3/t17-,21+,25+/m1/s1. The zero-order valence-electron chi connectivity index (χ0n) is 18.6. The lowest BCUT2D eigenvalue weighted by Gasteiger charge is -2.48. The highest BCUT2D eigenvalue weighted by Crippen LogP contribution is 2.51. The normalized spacial score (nSPS) is 24.0. The van der Waals surface area contributed by atoms with E-state index in [1.54, 1.807) is 12.1 Å². The van der Waals surface area contributed by atoms with Crippen molar-refractivity contribution in [2.24, 2.45) is 17.3 Å². The zero-order valence-corrected chi connectivity index (χ0v) is 18.6. The van der Waals surface area contributed by atoms with Gasteiger partial charge in [-0.2, -0.15) is 0 Å². The molecule has 0 N–H and O–H groups in total. The van der Waals surface area contributed by atoms with Gasteiger partial charge >= 0.3 is 11.6 Å². The minimum Gasteiger partial charge on any atom is -0.493 e. The molecule has 1 aromatic carbocycles. The summed E-state index contributed by atoms with van der Waals surface area (Å²) in [5, 5.41) is 0.863. The first-order chi connectivity index (χ1) is 14.2. The van der Waals surface area contributed by atoms with Crippen LogP contribution in [0.15, 0.2) is 50.7 Å². The molecule has 30 heavy (non-hydrogen) atoms. The minimum absolute atomic E-state index is 0.120. The van der Waals surface area contributed by atoms with Crippen molar-refractivity contribution in [3.05, 3.63) is 51.9 Å². The van der Waals surface area contributed by atoms with Gasteiger partial charge in [0.25, 0.3) is 0 Å². The van der Waals surface area contributed by atoms with Crippen LogP contribution < -0.4 is 10.4 Å². The number of methoxy groups -OCH3 is 1. The Hall–Kier alpha value is -2.56. The van der Waals surface area contributed by atoms with E-state index in [1.807, 2.05) is 12.1 Å². The fourth-order valence-corrected chi connectivity index (χ4v) is 4.70. The molecular formula is C25H32O5. The quantitative estimate of drug-likeness (QED) is 0.355. The van der Waals surface area contributed by atoms with Crippen molar-refractivity contribution in [2.45, 2.75) is 53.4 Å². The number of carbonyl (C=O) groups is 1. The number of allylic oxidation sites excluding steroid dienone is 2. The summed E-state index contributed by atoms with van der Waals surface area (Å²) in [5.41, 5.74) is 2.80. The highest BCUT2D eigenvalue weighted by atomic mass is 16.5. The van der Waals surface area contributed by atoms with Gasteiger partial charge in [0.05, 0.1) is 13.7 Å². The Morgan fingerprint density at radius 2 is 1.97 bits per heavy atom. The molecular weight excluding hydrogens is 380 g/mol. The van der Waals surface area contributed by atoms with E-state index in [9.17, 15) is 9.59 Å². The third-order valence-electron chi connectivity index (χ3n) is 6.84. The number of ether oxygens (including phenoxy) is 2. The van der Waals surface area contributed by atoms with Gasteiger partial charge in [-0.05, 0) is 63.1 Å².